The van der Waals surface area contributed by atoms with E-state index in [0.29, 0.717) is 5.04 Å². The Hall–Kier alpha value is -0.243. The maximum Gasteiger partial charge on any atom is 0.250 e. The third kappa shape index (κ3) is 6.47. The number of rotatable bonds is 2. The van der Waals surface area contributed by atoms with Crippen molar-refractivity contribution < 1.29 is 4.43 Å². The van der Waals surface area contributed by atoms with Crippen molar-refractivity contribution in [3.05, 3.63) is 11.8 Å². The van der Waals surface area contributed by atoms with Gasteiger partial charge in [-0.15, -0.1) is 0 Å². The summed E-state index contributed by atoms with van der Waals surface area (Å²) >= 11 is 0. The van der Waals surface area contributed by atoms with Gasteiger partial charge in [0.15, 0.2) is 0 Å². The lowest BCUT2D eigenvalue weighted by atomic mass is 10.0. The van der Waals surface area contributed by atoms with Gasteiger partial charge >= 0.3 is 0 Å². The van der Waals surface area contributed by atoms with Crippen molar-refractivity contribution >= 4 is 8.32 Å². The van der Waals surface area contributed by atoms with Crippen LogP contribution in [-0.4, -0.2) is 8.32 Å². The molecule has 0 unspecified atom stereocenters. The van der Waals surface area contributed by atoms with Crippen LogP contribution in [0.4, 0.5) is 0 Å². The Kier molecular flexibility index (Phi) is 7.36. The van der Waals surface area contributed by atoms with Crippen molar-refractivity contribution in [1.82, 2.24) is 0 Å². The Morgan fingerprint density at radius 2 is 1.35 bits per heavy atom. The predicted molar refractivity (Wildman–Crippen MR) is 92.5 cm³/mol. The molecule has 1 aliphatic carbocycles. The molecule has 1 rings (SSSR count). The van der Waals surface area contributed by atoms with Crippen LogP contribution in [0.5, 0.6) is 0 Å². The zero-order chi connectivity index (χ0) is 15.1. The lowest BCUT2D eigenvalue weighted by molar-refractivity contribution is 0.357. The summed E-state index contributed by atoms with van der Waals surface area (Å²) in [5.74, 6) is 1.30. The van der Waals surface area contributed by atoms with Gasteiger partial charge in [0.25, 0.3) is 0 Å². The zero-order valence-electron chi connectivity index (χ0n) is 14.6. The summed E-state index contributed by atoms with van der Waals surface area (Å²) in [5, 5.41) is 0.303. The maximum atomic E-state index is 6.55. The summed E-state index contributed by atoms with van der Waals surface area (Å²) in [7, 11) is -1.65. The molecule has 0 bridgehead atoms. The lowest BCUT2D eigenvalue weighted by Crippen LogP contribution is -2.40. The third-order valence-corrected chi connectivity index (χ3v) is 9.33. The first kappa shape index (κ1) is 17.8. The summed E-state index contributed by atoms with van der Waals surface area (Å²) in [6.07, 6.45) is 15.9. The van der Waals surface area contributed by atoms with E-state index in [4.69, 9.17) is 4.43 Å². The van der Waals surface area contributed by atoms with Gasteiger partial charge < -0.3 is 4.43 Å². The zero-order valence-corrected chi connectivity index (χ0v) is 15.6. The van der Waals surface area contributed by atoms with Gasteiger partial charge in [-0.1, -0.05) is 59.3 Å². The molecule has 0 fully saturated rings. The average molecular weight is 297 g/mol. The molecule has 118 valence electrons. The van der Waals surface area contributed by atoms with Crippen LogP contribution in [-0.2, 0) is 4.43 Å². The Bertz CT molecular complexity index is 299. The van der Waals surface area contributed by atoms with Gasteiger partial charge in [-0.3, -0.25) is 0 Å². The summed E-state index contributed by atoms with van der Waals surface area (Å²) in [6.45, 7) is 11.7. The Balaban J connectivity index is 2.62. The molecule has 1 aliphatic rings. The van der Waals surface area contributed by atoms with Crippen molar-refractivity contribution in [2.75, 3.05) is 0 Å². The van der Waals surface area contributed by atoms with Crippen LogP contribution in [0.25, 0.3) is 0 Å². The standard InChI is InChI=1S/C18H36OSi/c1-18(2,3)20(4,5)19-17-15-13-11-9-7-6-8-10-12-14-16-17/h15H,6-14,16H2,1-5H3/b17-15+. The van der Waals surface area contributed by atoms with E-state index >= 15 is 0 Å². The molecule has 0 aromatic carbocycles. The summed E-state index contributed by atoms with van der Waals surface area (Å²) in [5.41, 5.74) is 0. The molecule has 0 aromatic rings. The van der Waals surface area contributed by atoms with Crippen molar-refractivity contribution in [3.8, 4) is 0 Å². The molecule has 0 amide bonds. The van der Waals surface area contributed by atoms with E-state index in [1.165, 1.54) is 63.5 Å². The van der Waals surface area contributed by atoms with Crippen LogP contribution in [0.15, 0.2) is 11.8 Å². The van der Waals surface area contributed by atoms with Crippen LogP contribution in [0.3, 0.4) is 0 Å². The van der Waals surface area contributed by atoms with E-state index < -0.39 is 8.32 Å². The maximum absolute atomic E-state index is 6.55. The first-order valence-corrected chi connectivity index (χ1v) is 11.6. The molecule has 0 radical (unpaired) electrons. The van der Waals surface area contributed by atoms with Crippen LogP contribution < -0.4 is 0 Å². The first-order chi connectivity index (χ1) is 9.33. The predicted octanol–water partition coefficient (Wildman–Crippen LogP) is 6.81. The molecule has 1 nitrogen and oxygen atoms in total. The van der Waals surface area contributed by atoms with Crippen LogP contribution >= 0.6 is 0 Å². The fraction of sp³-hybridized carbons (Fsp3) is 0.889. The van der Waals surface area contributed by atoms with E-state index in [1.807, 2.05) is 0 Å². The molecule has 0 saturated carbocycles. The highest BCUT2D eigenvalue weighted by Gasteiger charge is 2.39. The minimum Gasteiger partial charge on any atom is -0.547 e. The van der Waals surface area contributed by atoms with Gasteiger partial charge in [-0.2, -0.15) is 0 Å². The van der Waals surface area contributed by atoms with Gasteiger partial charge in [-0.05, 0) is 43.5 Å². The van der Waals surface area contributed by atoms with Crippen molar-refractivity contribution in [2.45, 2.75) is 103 Å². The monoisotopic (exact) mass is 296 g/mol. The Labute approximate surface area is 128 Å². The fourth-order valence-electron chi connectivity index (χ4n) is 2.44. The molecule has 0 N–H and O–H groups in total. The fourth-order valence-corrected chi connectivity index (χ4v) is 3.59. The van der Waals surface area contributed by atoms with Crippen LogP contribution in [0.1, 0.15) is 85.0 Å². The first-order valence-electron chi connectivity index (χ1n) is 8.71. The Morgan fingerprint density at radius 1 is 0.850 bits per heavy atom. The number of hydrogen-bond acceptors (Lipinski definition) is 1. The van der Waals surface area contributed by atoms with E-state index in [2.05, 4.69) is 39.9 Å². The second-order valence-electron chi connectivity index (χ2n) is 7.90. The molecule has 2 heteroatoms. The number of hydrogen-bond donors (Lipinski definition) is 0. The summed E-state index contributed by atoms with van der Waals surface area (Å²) < 4.78 is 6.55. The van der Waals surface area contributed by atoms with Gasteiger partial charge in [0.05, 0.1) is 5.76 Å². The molecule has 0 aliphatic heterocycles. The molecule has 20 heavy (non-hydrogen) atoms. The van der Waals surface area contributed by atoms with Gasteiger partial charge in [0.2, 0.25) is 8.32 Å². The van der Waals surface area contributed by atoms with Crippen molar-refractivity contribution in [2.24, 2.45) is 0 Å². The quantitative estimate of drug-likeness (QED) is 0.509. The van der Waals surface area contributed by atoms with Crippen LogP contribution in [0, 0.1) is 0 Å². The van der Waals surface area contributed by atoms with E-state index in [0.717, 1.165) is 6.42 Å². The van der Waals surface area contributed by atoms with Gasteiger partial charge in [0, 0.05) is 6.42 Å². The molecular formula is C18H36OSi. The third-order valence-electron chi connectivity index (χ3n) is 4.94. The Morgan fingerprint density at radius 3 is 1.90 bits per heavy atom. The molecular weight excluding hydrogens is 260 g/mol. The second kappa shape index (κ2) is 8.26. The molecule has 0 spiro atoms. The molecule has 0 aromatic heterocycles. The van der Waals surface area contributed by atoms with Crippen LogP contribution in [0.2, 0.25) is 18.1 Å². The van der Waals surface area contributed by atoms with Gasteiger partial charge in [0.1, 0.15) is 0 Å². The second-order valence-corrected chi connectivity index (χ2v) is 12.6. The van der Waals surface area contributed by atoms with Crippen molar-refractivity contribution in [1.29, 1.82) is 0 Å². The van der Waals surface area contributed by atoms with Crippen molar-refractivity contribution in [3.63, 3.8) is 0 Å². The lowest BCUT2D eigenvalue weighted by Gasteiger charge is -2.37. The minimum absolute atomic E-state index is 0.303. The van der Waals surface area contributed by atoms with Gasteiger partial charge in [-0.25, -0.2) is 0 Å². The highest BCUT2D eigenvalue weighted by atomic mass is 28.4. The molecule has 0 heterocycles. The van der Waals surface area contributed by atoms with E-state index in [9.17, 15) is 0 Å². The minimum atomic E-state index is -1.65. The SMILES string of the molecule is CC(C)(C)[Si](C)(C)O/C1=C/CCCCCCCCCC1. The normalized spacial score (nSPS) is 23.1. The highest BCUT2D eigenvalue weighted by Crippen LogP contribution is 2.38. The smallest absolute Gasteiger partial charge is 0.250 e. The topological polar surface area (TPSA) is 9.23 Å². The average Bonchev–Trinajstić information content (AvgIpc) is 2.31. The van der Waals surface area contributed by atoms with E-state index in [1.54, 1.807) is 0 Å². The number of allylic oxidation sites excluding steroid dienone is 2. The summed E-state index contributed by atoms with van der Waals surface area (Å²) in [6, 6.07) is 0. The summed E-state index contributed by atoms with van der Waals surface area (Å²) in [4.78, 5) is 0. The molecule has 0 atom stereocenters. The van der Waals surface area contributed by atoms with E-state index in [-0.39, 0.29) is 0 Å². The highest BCUT2D eigenvalue weighted by molar-refractivity contribution is 6.74. The largest absolute Gasteiger partial charge is 0.547 e. The molecule has 0 saturated heterocycles.